The summed E-state index contributed by atoms with van der Waals surface area (Å²) in [5, 5.41) is 7.28. The summed E-state index contributed by atoms with van der Waals surface area (Å²) in [5.74, 6) is 0. The summed E-state index contributed by atoms with van der Waals surface area (Å²) < 4.78 is 4.85. The molecule has 4 aliphatic carbocycles. The van der Waals surface area contributed by atoms with Crippen molar-refractivity contribution in [2.24, 2.45) is 0 Å². The van der Waals surface area contributed by atoms with E-state index in [1.165, 1.54) is 155 Å². The zero-order chi connectivity index (χ0) is 85.3. The zero-order valence-corrected chi connectivity index (χ0v) is 71.0. The molecular formula is C126H80N4. The number of fused-ring (bicyclic) bond motifs is 27. The van der Waals surface area contributed by atoms with Crippen LogP contribution in [0, 0.1) is 0 Å². The number of hydrogen-bond acceptors (Lipinski definition) is 2. The minimum atomic E-state index is -0.597. The molecule has 2 spiro atoms. The molecule has 0 saturated carbocycles. The van der Waals surface area contributed by atoms with Gasteiger partial charge in [-0.25, -0.2) is 0 Å². The molecule has 130 heavy (non-hydrogen) atoms. The van der Waals surface area contributed by atoms with Crippen LogP contribution in [-0.2, 0) is 10.8 Å². The molecule has 604 valence electrons. The maximum Gasteiger partial charge on any atom is 0.0726 e. The smallest absolute Gasteiger partial charge is 0.0726 e. The van der Waals surface area contributed by atoms with E-state index in [1.54, 1.807) is 0 Å². The van der Waals surface area contributed by atoms with Crippen molar-refractivity contribution in [1.82, 2.24) is 9.13 Å². The van der Waals surface area contributed by atoms with E-state index in [0.717, 1.165) is 89.9 Å². The highest BCUT2D eigenvalue weighted by Gasteiger charge is 2.54. The first-order chi connectivity index (χ1) is 64.5. The Morgan fingerprint density at radius 2 is 0.485 bits per heavy atom. The van der Waals surface area contributed by atoms with Gasteiger partial charge in [-0.05, 0) is 296 Å². The fraction of sp³-hybridized carbons (Fsp3) is 0.0159. The van der Waals surface area contributed by atoms with E-state index >= 15 is 0 Å². The lowest BCUT2D eigenvalue weighted by atomic mass is 9.70. The fourth-order valence-corrected chi connectivity index (χ4v) is 23.1. The lowest BCUT2D eigenvalue weighted by Gasteiger charge is -2.32. The Labute approximate surface area is 754 Å². The van der Waals surface area contributed by atoms with Crippen LogP contribution < -0.4 is 9.80 Å². The maximum absolute atomic E-state index is 2.51. The fourth-order valence-electron chi connectivity index (χ4n) is 23.1. The van der Waals surface area contributed by atoms with Gasteiger partial charge in [0.2, 0.25) is 0 Å². The number of aromatic nitrogens is 2. The second-order valence-electron chi connectivity index (χ2n) is 35.3. The highest BCUT2D eigenvalue weighted by molar-refractivity contribution is 6.13. The number of rotatable bonds is 13. The Balaban J connectivity index is 0.535. The van der Waals surface area contributed by atoms with Gasteiger partial charge in [0, 0.05) is 66.7 Å². The second kappa shape index (κ2) is 28.8. The van der Waals surface area contributed by atoms with Crippen LogP contribution in [0.4, 0.5) is 34.1 Å². The monoisotopic (exact) mass is 1650 g/mol. The van der Waals surface area contributed by atoms with Crippen LogP contribution in [0.3, 0.4) is 0 Å². The topological polar surface area (TPSA) is 16.3 Å². The van der Waals surface area contributed by atoms with Crippen LogP contribution in [0.15, 0.2) is 485 Å². The van der Waals surface area contributed by atoms with Gasteiger partial charge < -0.3 is 18.9 Å². The van der Waals surface area contributed by atoms with Crippen LogP contribution in [-0.4, -0.2) is 9.13 Å². The largest absolute Gasteiger partial charge is 0.310 e. The molecule has 0 atom stereocenters. The Morgan fingerprint density at radius 1 is 0.154 bits per heavy atom. The van der Waals surface area contributed by atoms with Gasteiger partial charge in [-0.1, -0.05) is 340 Å². The maximum atomic E-state index is 2.51. The summed E-state index contributed by atoms with van der Waals surface area (Å²) in [4.78, 5) is 4.92. The molecule has 23 aromatic rings. The molecule has 0 N–H and O–H groups in total. The molecule has 0 aliphatic heterocycles. The summed E-state index contributed by atoms with van der Waals surface area (Å²) in [7, 11) is 0. The molecular weight excluding hydrogens is 1570 g/mol. The first kappa shape index (κ1) is 73.4. The third-order valence-corrected chi connectivity index (χ3v) is 28.7. The van der Waals surface area contributed by atoms with Crippen molar-refractivity contribution in [1.29, 1.82) is 0 Å². The average Bonchev–Trinajstić information content (AvgIpc) is 1.51. The SMILES string of the molecule is c1ccc(N(c2ccc(-c3cccc(-c4ccc5c(c4)c4ccccc4n5-c4ccccc4)c3)cc2)c2ccc3c(c2)C2(c4ccccc4-c4ccccc42)c2ccc(-c4ccc5c6cc(-c7cccc(-c8ccc(N(c9ccc%10c(c9)C9(c%11ccccc%11-c%11ccccc%119)c9ccccc9-%10)c9cccc%10ccccc9%10)cc8)c7)ccc6n(-c6ccccc6)c5c4)cc2-3)cc1. The molecule has 27 rings (SSSR count). The predicted octanol–water partition coefficient (Wildman–Crippen LogP) is 33.0. The average molecular weight is 1650 g/mol. The molecule has 0 saturated heterocycles. The summed E-state index contributed by atoms with van der Waals surface area (Å²) >= 11 is 0. The van der Waals surface area contributed by atoms with Crippen LogP contribution in [0.1, 0.15) is 44.5 Å². The van der Waals surface area contributed by atoms with Crippen molar-refractivity contribution >= 4 is 88.5 Å². The number of anilines is 6. The van der Waals surface area contributed by atoms with Crippen LogP contribution in [0.5, 0.6) is 0 Å². The van der Waals surface area contributed by atoms with Gasteiger partial charge in [0.15, 0.2) is 0 Å². The van der Waals surface area contributed by atoms with Crippen LogP contribution in [0.25, 0.3) is 166 Å². The molecule has 4 nitrogen and oxygen atoms in total. The standard InChI is InChI=1S/C126H80N4/c1-4-33-92(34-5-1)127(95-61-53-81(54-62-95)84-29-24-31-86(73-84)89-59-71-122-110(76-89)107-45-17-23-51-121(107)129(122)93-35-6-2-7-36-93)97-65-69-106-109-75-88(58-70-117(109)126(119(106)79-97)114-48-20-14-42-102(114)103-43-15-21-49-115(103)126)91-57-67-108-111-77-90(60-72-123(111)130(124(108)78-91)94-37-8-3-9-38-94)87-32-25-30-85(74-87)82-55-63-96(64-56-82)128(120-52-26-28-83-27-10-11-39-99(83)120)98-66-68-105-104-44-16-22-50-116(104)125(118(105)80-98)112-46-18-12-40-100(112)101-41-13-19-47-113(101)125/h1-80H. The number of hydrogen-bond donors (Lipinski definition) is 0. The first-order valence-corrected chi connectivity index (χ1v) is 45.2. The molecule has 2 heterocycles. The Morgan fingerprint density at radius 3 is 1.02 bits per heavy atom. The molecule has 0 amide bonds. The number of nitrogens with zero attached hydrogens (tertiary/aromatic N) is 4. The number of para-hydroxylation sites is 4. The minimum absolute atomic E-state index is 0.478. The number of benzene rings is 21. The Bertz CT molecular complexity index is 8490. The van der Waals surface area contributed by atoms with Crippen molar-refractivity contribution in [3.8, 4) is 112 Å². The van der Waals surface area contributed by atoms with E-state index in [4.69, 9.17) is 0 Å². The normalized spacial score (nSPS) is 13.0. The van der Waals surface area contributed by atoms with Gasteiger partial charge in [0.05, 0.1) is 38.6 Å². The van der Waals surface area contributed by atoms with Crippen molar-refractivity contribution in [2.45, 2.75) is 10.8 Å². The van der Waals surface area contributed by atoms with E-state index < -0.39 is 10.8 Å². The van der Waals surface area contributed by atoms with Crippen LogP contribution in [0.2, 0.25) is 0 Å². The van der Waals surface area contributed by atoms with Crippen LogP contribution >= 0.6 is 0 Å². The highest BCUT2D eigenvalue weighted by Crippen LogP contribution is 2.66. The van der Waals surface area contributed by atoms with Gasteiger partial charge in [-0.15, -0.1) is 0 Å². The van der Waals surface area contributed by atoms with E-state index in [9.17, 15) is 0 Å². The molecule has 0 radical (unpaired) electrons. The summed E-state index contributed by atoms with van der Waals surface area (Å²) in [5.41, 5.74) is 44.8. The van der Waals surface area contributed by atoms with Gasteiger partial charge >= 0.3 is 0 Å². The van der Waals surface area contributed by atoms with Gasteiger partial charge in [-0.3, -0.25) is 0 Å². The molecule has 4 heteroatoms. The van der Waals surface area contributed by atoms with Crippen molar-refractivity contribution in [2.75, 3.05) is 9.80 Å². The summed E-state index contributed by atoms with van der Waals surface area (Å²) in [6.45, 7) is 0. The van der Waals surface area contributed by atoms with Gasteiger partial charge in [0.1, 0.15) is 0 Å². The Kier molecular flexibility index (Phi) is 16.3. The van der Waals surface area contributed by atoms with E-state index in [1.807, 2.05) is 0 Å². The molecule has 0 bridgehead atoms. The van der Waals surface area contributed by atoms with E-state index in [-0.39, 0.29) is 0 Å². The third kappa shape index (κ3) is 10.9. The minimum Gasteiger partial charge on any atom is -0.310 e. The summed E-state index contributed by atoms with van der Waals surface area (Å²) in [6, 6.07) is 182. The van der Waals surface area contributed by atoms with Crippen molar-refractivity contribution in [3.63, 3.8) is 0 Å². The first-order valence-electron chi connectivity index (χ1n) is 45.2. The molecule has 0 unspecified atom stereocenters. The summed E-state index contributed by atoms with van der Waals surface area (Å²) in [6.07, 6.45) is 0. The molecule has 2 aromatic heterocycles. The molecule has 0 fully saturated rings. The Hall–Kier alpha value is -16.9. The lowest BCUT2D eigenvalue weighted by Crippen LogP contribution is -2.26. The van der Waals surface area contributed by atoms with E-state index in [2.05, 4.69) is 504 Å². The lowest BCUT2D eigenvalue weighted by molar-refractivity contribution is 0.793. The zero-order valence-electron chi connectivity index (χ0n) is 71.0. The highest BCUT2D eigenvalue weighted by atomic mass is 15.1. The predicted molar refractivity (Wildman–Crippen MR) is 542 cm³/mol. The van der Waals surface area contributed by atoms with Crippen molar-refractivity contribution < 1.29 is 0 Å². The molecule has 21 aromatic carbocycles. The quantitative estimate of drug-likeness (QED) is 0.114. The second-order valence-corrected chi connectivity index (χ2v) is 35.3. The molecule has 4 aliphatic rings. The van der Waals surface area contributed by atoms with Crippen molar-refractivity contribution in [3.05, 3.63) is 530 Å². The van der Waals surface area contributed by atoms with E-state index in [0.29, 0.717) is 0 Å². The van der Waals surface area contributed by atoms with Gasteiger partial charge in [0.25, 0.3) is 0 Å². The third-order valence-electron chi connectivity index (χ3n) is 28.7. The van der Waals surface area contributed by atoms with Gasteiger partial charge in [-0.2, -0.15) is 0 Å².